The molecular formula is C16H27NO3. The lowest BCUT2D eigenvalue weighted by Crippen LogP contribution is -2.44. The number of nitrogens with zero attached hydrogens (tertiary/aromatic N) is 1. The summed E-state index contributed by atoms with van der Waals surface area (Å²) in [6.45, 7) is 7.29. The van der Waals surface area contributed by atoms with Crippen molar-refractivity contribution in [3.8, 4) is 0 Å². The van der Waals surface area contributed by atoms with E-state index in [2.05, 4.69) is 0 Å². The van der Waals surface area contributed by atoms with Gasteiger partial charge in [-0.05, 0) is 64.2 Å². The summed E-state index contributed by atoms with van der Waals surface area (Å²) < 4.78 is 5.43. The topological polar surface area (TPSA) is 46.6 Å². The molecule has 20 heavy (non-hydrogen) atoms. The smallest absolute Gasteiger partial charge is 0.410 e. The second-order valence-electron chi connectivity index (χ2n) is 7.48. The van der Waals surface area contributed by atoms with Crippen LogP contribution in [0.2, 0.25) is 0 Å². The van der Waals surface area contributed by atoms with Crippen LogP contribution in [0, 0.1) is 11.3 Å². The van der Waals surface area contributed by atoms with Crippen LogP contribution in [0.15, 0.2) is 0 Å². The fourth-order valence-electron chi connectivity index (χ4n) is 3.61. The molecule has 0 radical (unpaired) electrons. The zero-order valence-electron chi connectivity index (χ0n) is 13.0. The summed E-state index contributed by atoms with van der Waals surface area (Å²) in [5.41, 5.74) is -0.0409. The van der Waals surface area contributed by atoms with Gasteiger partial charge in [0.2, 0.25) is 0 Å². The molecule has 0 N–H and O–H groups in total. The number of rotatable bonds is 2. The molecule has 1 amide bonds. The van der Waals surface area contributed by atoms with Gasteiger partial charge < -0.3 is 14.4 Å². The molecule has 1 aliphatic carbocycles. The lowest BCUT2D eigenvalue weighted by atomic mass is 9.76. The van der Waals surface area contributed by atoms with Gasteiger partial charge in [0.1, 0.15) is 11.9 Å². The first kappa shape index (κ1) is 15.3. The number of hydrogen-bond acceptors (Lipinski definition) is 3. The molecule has 1 saturated heterocycles. The predicted molar refractivity (Wildman–Crippen MR) is 77.5 cm³/mol. The van der Waals surface area contributed by atoms with E-state index in [4.69, 9.17) is 4.74 Å². The predicted octanol–water partition coefficient (Wildman–Crippen LogP) is 3.39. The zero-order chi connectivity index (χ0) is 14.8. The molecule has 2 aliphatic rings. The SMILES string of the molecule is CC(C)(C)OC(=O)N1CCC2(CCC(CC=O)C2)CC1. The van der Waals surface area contributed by atoms with Crippen molar-refractivity contribution in [2.24, 2.45) is 11.3 Å². The monoisotopic (exact) mass is 281 g/mol. The van der Waals surface area contributed by atoms with Crippen molar-refractivity contribution < 1.29 is 14.3 Å². The van der Waals surface area contributed by atoms with E-state index in [1.807, 2.05) is 25.7 Å². The minimum absolute atomic E-state index is 0.185. The van der Waals surface area contributed by atoms with Crippen LogP contribution in [0.5, 0.6) is 0 Å². The Balaban J connectivity index is 1.84. The van der Waals surface area contributed by atoms with Gasteiger partial charge in [0.15, 0.2) is 0 Å². The maximum atomic E-state index is 12.0. The third-order valence-corrected chi connectivity index (χ3v) is 4.71. The highest BCUT2D eigenvalue weighted by Crippen LogP contribution is 2.49. The van der Waals surface area contributed by atoms with E-state index in [0.29, 0.717) is 17.8 Å². The molecule has 1 saturated carbocycles. The van der Waals surface area contributed by atoms with Gasteiger partial charge in [-0.3, -0.25) is 0 Å². The molecule has 2 rings (SSSR count). The van der Waals surface area contributed by atoms with Crippen LogP contribution in [0.4, 0.5) is 4.79 Å². The molecule has 0 aromatic carbocycles. The number of amides is 1. The van der Waals surface area contributed by atoms with Crippen LogP contribution in [0.1, 0.15) is 59.3 Å². The number of likely N-dealkylation sites (tertiary alicyclic amines) is 1. The molecule has 114 valence electrons. The third kappa shape index (κ3) is 3.74. The molecule has 1 heterocycles. The maximum Gasteiger partial charge on any atom is 0.410 e. The molecule has 1 aliphatic heterocycles. The molecular weight excluding hydrogens is 254 g/mol. The summed E-state index contributed by atoms with van der Waals surface area (Å²) in [5, 5.41) is 0. The van der Waals surface area contributed by atoms with Crippen molar-refractivity contribution in [1.82, 2.24) is 4.90 Å². The Hall–Kier alpha value is -1.06. The number of aldehydes is 1. The van der Waals surface area contributed by atoms with Gasteiger partial charge in [-0.25, -0.2) is 4.79 Å². The first-order chi connectivity index (χ1) is 9.34. The standard InChI is InChI=1S/C16H27NO3/c1-15(2,3)20-14(19)17-9-7-16(8-10-17)6-4-13(12-16)5-11-18/h11,13H,4-10,12H2,1-3H3. The highest BCUT2D eigenvalue weighted by Gasteiger charge is 2.42. The maximum absolute atomic E-state index is 12.0. The summed E-state index contributed by atoms with van der Waals surface area (Å²) in [7, 11) is 0. The minimum Gasteiger partial charge on any atom is -0.444 e. The summed E-state index contributed by atoms with van der Waals surface area (Å²) in [5.74, 6) is 0.570. The lowest BCUT2D eigenvalue weighted by molar-refractivity contribution is -0.108. The van der Waals surface area contributed by atoms with Crippen LogP contribution in [-0.2, 0) is 9.53 Å². The van der Waals surface area contributed by atoms with E-state index < -0.39 is 5.60 Å². The van der Waals surface area contributed by atoms with Crippen LogP contribution in [-0.4, -0.2) is 36.0 Å². The first-order valence-electron chi connectivity index (χ1n) is 7.75. The van der Waals surface area contributed by atoms with Crippen molar-refractivity contribution in [1.29, 1.82) is 0 Å². The Morgan fingerprint density at radius 1 is 1.30 bits per heavy atom. The Labute approximate surface area is 121 Å². The van der Waals surface area contributed by atoms with Gasteiger partial charge in [-0.1, -0.05) is 0 Å². The molecule has 1 spiro atoms. The van der Waals surface area contributed by atoms with Crippen LogP contribution in [0.25, 0.3) is 0 Å². The minimum atomic E-state index is -0.422. The Morgan fingerprint density at radius 2 is 1.95 bits per heavy atom. The Morgan fingerprint density at radius 3 is 2.50 bits per heavy atom. The molecule has 1 atom stereocenters. The third-order valence-electron chi connectivity index (χ3n) is 4.71. The summed E-state index contributed by atoms with van der Waals surface area (Å²) in [6.07, 6.45) is 7.24. The van der Waals surface area contributed by atoms with E-state index in [0.717, 1.165) is 38.6 Å². The number of hydrogen-bond donors (Lipinski definition) is 0. The normalized spacial score (nSPS) is 25.8. The number of carbonyl (C=O) groups excluding carboxylic acids is 2. The quantitative estimate of drug-likeness (QED) is 0.729. The largest absolute Gasteiger partial charge is 0.444 e. The zero-order valence-corrected chi connectivity index (χ0v) is 13.0. The van der Waals surface area contributed by atoms with E-state index in [-0.39, 0.29) is 6.09 Å². The summed E-state index contributed by atoms with van der Waals surface area (Å²) >= 11 is 0. The highest BCUT2D eigenvalue weighted by atomic mass is 16.6. The van der Waals surface area contributed by atoms with Gasteiger partial charge in [0, 0.05) is 19.5 Å². The van der Waals surface area contributed by atoms with Gasteiger partial charge in [0.25, 0.3) is 0 Å². The average molecular weight is 281 g/mol. The van der Waals surface area contributed by atoms with Gasteiger partial charge in [-0.15, -0.1) is 0 Å². The van der Waals surface area contributed by atoms with Crippen LogP contribution in [0.3, 0.4) is 0 Å². The second-order valence-corrected chi connectivity index (χ2v) is 7.48. The highest BCUT2D eigenvalue weighted by molar-refractivity contribution is 5.68. The van der Waals surface area contributed by atoms with Gasteiger partial charge >= 0.3 is 6.09 Å². The molecule has 0 bridgehead atoms. The van der Waals surface area contributed by atoms with E-state index in [1.54, 1.807) is 0 Å². The van der Waals surface area contributed by atoms with Crippen molar-refractivity contribution in [3.05, 3.63) is 0 Å². The Bertz CT molecular complexity index is 364. The molecule has 4 nitrogen and oxygen atoms in total. The number of carbonyl (C=O) groups is 2. The molecule has 2 fully saturated rings. The van der Waals surface area contributed by atoms with Crippen molar-refractivity contribution in [2.75, 3.05) is 13.1 Å². The van der Waals surface area contributed by atoms with Crippen molar-refractivity contribution in [3.63, 3.8) is 0 Å². The van der Waals surface area contributed by atoms with Crippen molar-refractivity contribution in [2.45, 2.75) is 64.9 Å². The average Bonchev–Trinajstić information content (AvgIpc) is 2.71. The second kappa shape index (κ2) is 5.74. The summed E-state index contributed by atoms with van der Waals surface area (Å²) in [6, 6.07) is 0. The van der Waals surface area contributed by atoms with E-state index in [9.17, 15) is 9.59 Å². The number of piperidine rings is 1. The lowest BCUT2D eigenvalue weighted by Gasteiger charge is -2.40. The number of ether oxygens (including phenoxy) is 1. The first-order valence-corrected chi connectivity index (χ1v) is 7.75. The molecule has 0 aromatic rings. The molecule has 4 heteroatoms. The van der Waals surface area contributed by atoms with E-state index in [1.165, 1.54) is 12.8 Å². The van der Waals surface area contributed by atoms with Crippen molar-refractivity contribution >= 4 is 12.4 Å². The molecule has 0 aromatic heterocycles. The van der Waals surface area contributed by atoms with Crippen LogP contribution < -0.4 is 0 Å². The fourth-order valence-corrected chi connectivity index (χ4v) is 3.61. The van der Waals surface area contributed by atoms with Crippen LogP contribution >= 0.6 is 0 Å². The van der Waals surface area contributed by atoms with Gasteiger partial charge in [-0.2, -0.15) is 0 Å². The fraction of sp³-hybridized carbons (Fsp3) is 0.875. The van der Waals surface area contributed by atoms with E-state index >= 15 is 0 Å². The molecule has 1 unspecified atom stereocenters. The van der Waals surface area contributed by atoms with Gasteiger partial charge in [0.05, 0.1) is 0 Å². The summed E-state index contributed by atoms with van der Waals surface area (Å²) in [4.78, 5) is 24.5. The Kier molecular flexibility index (Phi) is 4.40.